The lowest BCUT2D eigenvalue weighted by Gasteiger charge is -2.28. The van der Waals surface area contributed by atoms with Crippen molar-refractivity contribution < 1.29 is 9.90 Å². The molecule has 0 rings (SSSR count). The highest BCUT2D eigenvalue weighted by Crippen LogP contribution is 2.12. The lowest BCUT2D eigenvalue weighted by Crippen LogP contribution is -2.42. The van der Waals surface area contributed by atoms with Gasteiger partial charge in [0.2, 0.25) is 0 Å². The molecule has 0 radical (unpaired) electrons. The van der Waals surface area contributed by atoms with Gasteiger partial charge in [0.15, 0.2) is 0 Å². The molecule has 4 nitrogen and oxygen atoms in total. The SMILES string of the molecule is CCCCN(CCCC)[C@@H](CCCCN)C(=O)O. The minimum atomic E-state index is -0.681. The average molecular weight is 258 g/mol. The molecule has 0 saturated heterocycles. The number of rotatable bonds is 12. The zero-order chi connectivity index (χ0) is 13.8. The van der Waals surface area contributed by atoms with Gasteiger partial charge in [0.25, 0.3) is 0 Å². The second-order valence-electron chi connectivity index (χ2n) is 4.88. The Labute approximate surface area is 112 Å². The van der Waals surface area contributed by atoms with Crippen LogP contribution in [-0.2, 0) is 4.79 Å². The van der Waals surface area contributed by atoms with Crippen molar-refractivity contribution in [2.24, 2.45) is 5.73 Å². The maximum atomic E-state index is 11.4. The largest absolute Gasteiger partial charge is 0.480 e. The number of carboxylic acid groups (broad SMARTS) is 1. The van der Waals surface area contributed by atoms with E-state index in [4.69, 9.17) is 5.73 Å². The number of aliphatic carboxylic acids is 1. The van der Waals surface area contributed by atoms with E-state index in [1.54, 1.807) is 0 Å². The topological polar surface area (TPSA) is 66.6 Å². The van der Waals surface area contributed by atoms with E-state index in [-0.39, 0.29) is 6.04 Å². The molecule has 0 aliphatic rings. The van der Waals surface area contributed by atoms with Gasteiger partial charge in [-0.2, -0.15) is 0 Å². The molecule has 0 bridgehead atoms. The number of nitrogens with two attached hydrogens (primary N) is 1. The first-order valence-electron chi connectivity index (χ1n) is 7.34. The summed E-state index contributed by atoms with van der Waals surface area (Å²) in [6.45, 7) is 6.73. The van der Waals surface area contributed by atoms with Gasteiger partial charge in [-0.15, -0.1) is 0 Å². The molecule has 1 atom stereocenters. The molecule has 0 aliphatic heterocycles. The smallest absolute Gasteiger partial charge is 0.320 e. The number of nitrogens with zero attached hydrogens (tertiary/aromatic N) is 1. The maximum Gasteiger partial charge on any atom is 0.320 e. The summed E-state index contributed by atoms with van der Waals surface area (Å²) >= 11 is 0. The summed E-state index contributed by atoms with van der Waals surface area (Å²) in [4.78, 5) is 13.5. The van der Waals surface area contributed by atoms with E-state index >= 15 is 0 Å². The monoisotopic (exact) mass is 258 g/mol. The van der Waals surface area contributed by atoms with E-state index in [0.717, 1.165) is 58.0 Å². The third-order valence-corrected chi connectivity index (χ3v) is 3.26. The van der Waals surface area contributed by atoms with Gasteiger partial charge in [-0.3, -0.25) is 9.69 Å². The molecule has 4 heteroatoms. The molecule has 0 heterocycles. The van der Waals surface area contributed by atoms with E-state index in [0.29, 0.717) is 6.54 Å². The molecule has 0 aromatic heterocycles. The third-order valence-electron chi connectivity index (χ3n) is 3.26. The molecule has 0 amide bonds. The molecule has 0 fully saturated rings. The predicted molar refractivity (Wildman–Crippen MR) is 75.7 cm³/mol. The van der Waals surface area contributed by atoms with Crippen LogP contribution < -0.4 is 5.73 Å². The standard InChI is InChI=1S/C14H30N2O2/c1-3-5-11-16(12-6-4-2)13(14(17)18)9-7-8-10-15/h13H,3-12,15H2,1-2H3,(H,17,18)/t13-/m0/s1. The second-order valence-corrected chi connectivity index (χ2v) is 4.88. The van der Waals surface area contributed by atoms with Crippen molar-refractivity contribution in [3.8, 4) is 0 Å². The Morgan fingerprint density at radius 1 is 1.11 bits per heavy atom. The van der Waals surface area contributed by atoms with E-state index < -0.39 is 5.97 Å². The lowest BCUT2D eigenvalue weighted by atomic mass is 10.1. The molecular weight excluding hydrogens is 228 g/mol. The lowest BCUT2D eigenvalue weighted by molar-refractivity contribution is -0.143. The molecule has 18 heavy (non-hydrogen) atoms. The molecule has 3 N–H and O–H groups in total. The van der Waals surface area contributed by atoms with Crippen LogP contribution in [-0.4, -0.2) is 41.7 Å². The van der Waals surface area contributed by atoms with Crippen molar-refractivity contribution in [1.29, 1.82) is 0 Å². The Hall–Kier alpha value is -0.610. The summed E-state index contributed by atoms with van der Waals surface area (Å²) in [6.07, 6.45) is 6.91. The van der Waals surface area contributed by atoms with Crippen LogP contribution in [0.2, 0.25) is 0 Å². The summed E-state index contributed by atoms with van der Waals surface area (Å²) in [5.41, 5.74) is 5.47. The Kier molecular flexibility index (Phi) is 11.1. The summed E-state index contributed by atoms with van der Waals surface area (Å²) in [5, 5.41) is 9.37. The van der Waals surface area contributed by atoms with Gasteiger partial charge in [-0.1, -0.05) is 33.1 Å². The third kappa shape index (κ3) is 7.67. The number of hydrogen-bond donors (Lipinski definition) is 2. The van der Waals surface area contributed by atoms with Crippen molar-refractivity contribution in [2.75, 3.05) is 19.6 Å². The van der Waals surface area contributed by atoms with E-state index in [1.807, 2.05) is 0 Å². The highest BCUT2D eigenvalue weighted by Gasteiger charge is 2.23. The van der Waals surface area contributed by atoms with Crippen LogP contribution in [0.3, 0.4) is 0 Å². The molecule has 0 unspecified atom stereocenters. The minimum Gasteiger partial charge on any atom is -0.480 e. The van der Waals surface area contributed by atoms with Gasteiger partial charge in [0.1, 0.15) is 6.04 Å². The van der Waals surface area contributed by atoms with Crippen molar-refractivity contribution in [2.45, 2.75) is 64.8 Å². The number of unbranched alkanes of at least 4 members (excludes halogenated alkanes) is 3. The fourth-order valence-electron chi connectivity index (χ4n) is 2.09. The fourth-order valence-corrected chi connectivity index (χ4v) is 2.09. The van der Waals surface area contributed by atoms with E-state index in [1.165, 1.54) is 0 Å². The van der Waals surface area contributed by atoms with Crippen LogP contribution in [0.1, 0.15) is 58.8 Å². The molecule has 108 valence electrons. The van der Waals surface area contributed by atoms with Crippen LogP contribution >= 0.6 is 0 Å². The first kappa shape index (κ1) is 17.4. The van der Waals surface area contributed by atoms with Crippen LogP contribution in [0, 0.1) is 0 Å². The van der Waals surface area contributed by atoms with Gasteiger partial charge >= 0.3 is 5.97 Å². The average Bonchev–Trinajstić information content (AvgIpc) is 2.35. The Balaban J connectivity index is 4.36. The normalized spacial score (nSPS) is 12.9. The summed E-state index contributed by atoms with van der Waals surface area (Å²) in [7, 11) is 0. The fraction of sp³-hybridized carbons (Fsp3) is 0.929. The summed E-state index contributed by atoms with van der Waals surface area (Å²) in [6, 6.07) is -0.324. The predicted octanol–water partition coefficient (Wildman–Crippen LogP) is 2.47. The van der Waals surface area contributed by atoms with Gasteiger partial charge in [-0.25, -0.2) is 0 Å². The molecule has 0 saturated carbocycles. The zero-order valence-corrected chi connectivity index (χ0v) is 12.0. The Morgan fingerprint density at radius 2 is 1.67 bits per heavy atom. The van der Waals surface area contributed by atoms with Crippen molar-refractivity contribution in [3.63, 3.8) is 0 Å². The highest BCUT2D eigenvalue weighted by molar-refractivity contribution is 5.73. The minimum absolute atomic E-state index is 0.324. The Bertz CT molecular complexity index is 202. The molecule has 0 aromatic rings. The zero-order valence-electron chi connectivity index (χ0n) is 12.0. The number of carbonyl (C=O) groups is 1. The quantitative estimate of drug-likeness (QED) is 0.528. The van der Waals surface area contributed by atoms with Crippen molar-refractivity contribution in [3.05, 3.63) is 0 Å². The molecule has 0 aliphatic carbocycles. The van der Waals surface area contributed by atoms with Gasteiger partial charge < -0.3 is 10.8 Å². The molecule has 0 spiro atoms. The summed E-state index contributed by atoms with van der Waals surface area (Å²) < 4.78 is 0. The molecular formula is C14H30N2O2. The maximum absolute atomic E-state index is 11.4. The summed E-state index contributed by atoms with van der Waals surface area (Å²) in [5.74, 6) is -0.681. The van der Waals surface area contributed by atoms with Gasteiger partial charge in [0, 0.05) is 0 Å². The van der Waals surface area contributed by atoms with Crippen molar-refractivity contribution >= 4 is 5.97 Å². The van der Waals surface area contributed by atoms with Crippen LogP contribution in [0.4, 0.5) is 0 Å². The van der Waals surface area contributed by atoms with E-state index in [2.05, 4.69) is 18.7 Å². The highest BCUT2D eigenvalue weighted by atomic mass is 16.4. The number of hydrogen-bond acceptors (Lipinski definition) is 3. The molecule has 0 aromatic carbocycles. The van der Waals surface area contributed by atoms with Gasteiger partial charge in [-0.05, 0) is 45.3 Å². The Morgan fingerprint density at radius 3 is 2.06 bits per heavy atom. The van der Waals surface area contributed by atoms with Crippen LogP contribution in [0.25, 0.3) is 0 Å². The second kappa shape index (κ2) is 11.5. The first-order chi connectivity index (χ1) is 8.67. The van der Waals surface area contributed by atoms with E-state index in [9.17, 15) is 9.90 Å². The van der Waals surface area contributed by atoms with Crippen molar-refractivity contribution in [1.82, 2.24) is 4.90 Å². The van der Waals surface area contributed by atoms with Crippen LogP contribution in [0.15, 0.2) is 0 Å². The van der Waals surface area contributed by atoms with Gasteiger partial charge in [0.05, 0.1) is 0 Å². The van der Waals surface area contributed by atoms with Crippen LogP contribution in [0.5, 0.6) is 0 Å². The number of carboxylic acids is 1. The first-order valence-corrected chi connectivity index (χ1v) is 7.34.